The van der Waals surface area contributed by atoms with Crippen molar-refractivity contribution in [2.45, 2.75) is 17.7 Å². The normalized spacial score (nSPS) is 15.1. The largest absolute Gasteiger partial charge is 0.341 e. The van der Waals surface area contributed by atoms with Gasteiger partial charge in [0, 0.05) is 41.5 Å². The molecule has 0 bridgehead atoms. The predicted molar refractivity (Wildman–Crippen MR) is 103 cm³/mol. The number of thiophene rings is 1. The highest BCUT2D eigenvalue weighted by Gasteiger charge is 2.23. The number of carbonyl (C=O) groups excluding carboxylic acids is 2. The smallest absolute Gasteiger partial charge is 0.253 e. The summed E-state index contributed by atoms with van der Waals surface area (Å²) in [6, 6.07) is 11.7. The number of nitrogens with zero attached hydrogens (tertiary/aromatic N) is 2. The van der Waals surface area contributed by atoms with Crippen molar-refractivity contribution in [2.75, 3.05) is 32.4 Å². The molecule has 0 N–H and O–H groups in total. The molecule has 0 saturated carbocycles. The first-order valence-corrected chi connectivity index (χ1v) is 10.5. The molecule has 1 saturated heterocycles. The summed E-state index contributed by atoms with van der Waals surface area (Å²) in [5.74, 6) is 0.210. The lowest BCUT2D eigenvalue weighted by molar-refractivity contribution is -0.130. The van der Waals surface area contributed by atoms with E-state index < -0.39 is 0 Å². The monoisotopic (exact) mass is 374 g/mol. The van der Waals surface area contributed by atoms with Gasteiger partial charge in [-0.15, -0.1) is 23.1 Å². The van der Waals surface area contributed by atoms with Crippen molar-refractivity contribution in [1.29, 1.82) is 0 Å². The van der Waals surface area contributed by atoms with Gasteiger partial charge in [0.1, 0.15) is 0 Å². The molecule has 1 fully saturated rings. The van der Waals surface area contributed by atoms with E-state index in [9.17, 15) is 9.59 Å². The highest BCUT2D eigenvalue weighted by atomic mass is 32.2. The van der Waals surface area contributed by atoms with Crippen molar-refractivity contribution < 1.29 is 9.59 Å². The number of amides is 2. The molecule has 1 aromatic carbocycles. The Kier molecular flexibility index (Phi) is 6.15. The van der Waals surface area contributed by atoms with Crippen LogP contribution in [-0.4, -0.2) is 54.0 Å². The lowest BCUT2D eigenvalue weighted by Gasteiger charge is -2.22. The maximum absolute atomic E-state index is 12.7. The summed E-state index contributed by atoms with van der Waals surface area (Å²) in [4.78, 5) is 31.2. The van der Waals surface area contributed by atoms with Crippen LogP contribution in [0.15, 0.2) is 46.7 Å². The van der Waals surface area contributed by atoms with E-state index in [1.165, 1.54) is 0 Å². The Balaban J connectivity index is 1.58. The molecule has 0 atom stereocenters. The molecule has 0 radical (unpaired) electrons. The van der Waals surface area contributed by atoms with Gasteiger partial charge < -0.3 is 9.80 Å². The molecule has 2 amide bonds. The Morgan fingerprint density at radius 2 is 1.76 bits per heavy atom. The summed E-state index contributed by atoms with van der Waals surface area (Å²) < 4.78 is 0. The van der Waals surface area contributed by atoms with Gasteiger partial charge in [-0.05, 0) is 48.4 Å². The molecule has 132 valence electrons. The van der Waals surface area contributed by atoms with E-state index >= 15 is 0 Å². The van der Waals surface area contributed by atoms with Crippen molar-refractivity contribution >= 4 is 34.9 Å². The van der Waals surface area contributed by atoms with Gasteiger partial charge >= 0.3 is 0 Å². The van der Waals surface area contributed by atoms with Gasteiger partial charge in [0.2, 0.25) is 5.91 Å². The summed E-state index contributed by atoms with van der Waals surface area (Å²) in [5.41, 5.74) is 0.719. The Morgan fingerprint density at radius 3 is 2.44 bits per heavy atom. The quantitative estimate of drug-likeness (QED) is 0.770. The van der Waals surface area contributed by atoms with E-state index in [-0.39, 0.29) is 11.8 Å². The van der Waals surface area contributed by atoms with Gasteiger partial charge in [0.05, 0.1) is 6.42 Å². The number of hydrogen-bond donors (Lipinski definition) is 0. The first kappa shape index (κ1) is 18.0. The van der Waals surface area contributed by atoms with E-state index in [0.29, 0.717) is 26.1 Å². The second kappa shape index (κ2) is 8.54. The van der Waals surface area contributed by atoms with Gasteiger partial charge in [0.15, 0.2) is 0 Å². The average molecular weight is 375 g/mol. The molecular weight excluding hydrogens is 352 g/mol. The lowest BCUT2D eigenvalue weighted by atomic mass is 10.2. The van der Waals surface area contributed by atoms with Crippen molar-refractivity contribution in [2.24, 2.45) is 0 Å². The highest BCUT2D eigenvalue weighted by Crippen LogP contribution is 2.17. The molecule has 3 rings (SSSR count). The van der Waals surface area contributed by atoms with Crippen LogP contribution in [0, 0.1) is 0 Å². The fraction of sp³-hybridized carbons (Fsp3) is 0.368. The zero-order valence-electron chi connectivity index (χ0n) is 14.3. The third kappa shape index (κ3) is 4.64. The van der Waals surface area contributed by atoms with Gasteiger partial charge in [-0.3, -0.25) is 9.59 Å². The zero-order valence-corrected chi connectivity index (χ0v) is 15.9. The van der Waals surface area contributed by atoms with Crippen LogP contribution >= 0.6 is 23.1 Å². The Morgan fingerprint density at radius 1 is 1.04 bits per heavy atom. The second-order valence-electron chi connectivity index (χ2n) is 6.01. The van der Waals surface area contributed by atoms with Crippen molar-refractivity contribution in [3.8, 4) is 0 Å². The number of rotatable bonds is 4. The molecule has 1 aromatic heterocycles. The average Bonchev–Trinajstić information content (AvgIpc) is 3.02. The zero-order chi connectivity index (χ0) is 17.6. The summed E-state index contributed by atoms with van der Waals surface area (Å²) in [7, 11) is 0. The van der Waals surface area contributed by atoms with E-state index in [4.69, 9.17) is 0 Å². The van der Waals surface area contributed by atoms with Crippen LogP contribution in [0.4, 0.5) is 0 Å². The third-order valence-electron chi connectivity index (χ3n) is 4.38. The van der Waals surface area contributed by atoms with Gasteiger partial charge in [0.25, 0.3) is 5.91 Å². The van der Waals surface area contributed by atoms with Crippen LogP contribution in [0.2, 0.25) is 0 Å². The predicted octanol–water partition coefficient (Wildman–Crippen LogP) is 3.39. The second-order valence-corrected chi connectivity index (χ2v) is 7.92. The molecule has 1 aliphatic rings. The van der Waals surface area contributed by atoms with E-state index in [2.05, 4.69) is 0 Å². The first-order chi connectivity index (χ1) is 12.2. The van der Waals surface area contributed by atoms with E-state index in [0.717, 1.165) is 28.3 Å². The number of hydrogen-bond acceptors (Lipinski definition) is 4. The third-order valence-corrected chi connectivity index (χ3v) is 6.00. The number of carbonyl (C=O) groups is 2. The Labute approximate surface area is 156 Å². The molecule has 0 aliphatic carbocycles. The summed E-state index contributed by atoms with van der Waals surface area (Å²) in [6.45, 7) is 2.63. The van der Waals surface area contributed by atoms with E-state index in [1.807, 2.05) is 57.8 Å². The van der Waals surface area contributed by atoms with Gasteiger partial charge in [-0.1, -0.05) is 6.07 Å². The molecule has 0 unspecified atom stereocenters. The molecular formula is C19H22N2O2S2. The van der Waals surface area contributed by atoms with Crippen LogP contribution < -0.4 is 0 Å². The van der Waals surface area contributed by atoms with Crippen molar-refractivity contribution in [3.05, 3.63) is 52.2 Å². The van der Waals surface area contributed by atoms with E-state index in [1.54, 1.807) is 23.1 Å². The maximum atomic E-state index is 12.7. The molecule has 0 spiro atoms. The maximum Gasteiger partial charge on any atom is 0.253 e. The van der Waals surface area contributed by atoms with Crippen molar-refractivity contribution in [1.82, 2.24) is 9.80 Å². The van der Waals surface area contributed by atoms with Crippen LogP contribution in [0.5, 0.6) is 0 Å². The Bertz CT molecular complexity index is 714. The fourth-order valence-corrected chi connectivity index (χ4v) is 4.06. The molecule has 2 heterocycles. The first-order valence-electron chi connectivity index (χ1n) is 8.41. The fourth-order valence-electron chi connectivity index (χ4n) is 2.96. The van der Waals surface area contributed by atoms with Crippen LogP contribution in [-0.2, 0) is 11.2 Å². The highest BCUT2D eigenvalue weighted by molar-refractivity contribution is 7.98. The number of thioether (sulfide) groups is 1. The van der Waals surface area contributed by atoms with Gasteiger partial charge in [-0.2, -0.15) is 0 Å². The van der Waals surface area contributed by atoms with Crippen molar-refractivity contribution in [3.63, 3.8) is 0 Å². The minimum atomic E-state index is 0.0557. The lowest BCUT2D eigenvalue weighted by Crippen LogP contribution is -2.37. The Hall–Kier alpha value is -1.79. The molecule has 6 heteroatoms. The molecule has 2 aromatic rings. The summed E-state index contributed by atoms with van der Waals surface area (Å²) in [6.07, 6.45) is 3.31. The summed E-state index contributed by atoms with van der Waals surface area (Å²) >= 11 is 3.28. The van der Waals surface area contributed by atoms with Crippen LogP contribution in [0.1, 0.15) is 21.7 Å². The number of benzene rings is 1. The standard InChI is InChI=1S/C19H22N2O2S2/c1-24-16-7-5-15(6-8-16)19(23)21-10-3-9-20(11-12-21)18(22)14-17-4-2-13-25-17/h2,4-8,13H,3,9-12,14H2,1H3. The summed E-state index contributed by atoms with van der Waals surface area (Å²) in [5, 5.41) is 1.99. The minimum absolute atomic E-state index is 0.0557. The molecule has 25 heavy (non-hydrogen) atoms. The molecule has 1 aliphatic heterocycles. The molecule has 4 nitrogen and oxygen atoms in total. The minimum Gasteiger partial charge on any atom is -0.341 e. The van der Waals surface area contributed by atoms with Crippen LogP contribution in [0.25, 0.3) is 0 Å². The SMILES string of the molecule is CSc1ccc(C(=O)N2CCCN(C(=O)Cc3cccs3)CC2)cc1. The van der Waals surface area contributed by atoms with Gasteiger partial charge in [-0.25, -0.2) is 0 Å². The van der Waals surface area contributed by atoms with Crippen LogP contribution in [0.3, 0.4) is 0 Å². The topological polar surface area (TPSA) is 40.6 Å².